The number of halogens is 3. The van der Waals surface area contributed by atoms with Gasteiger partial charge >= 0.3 is 0 Å². The van der Waals surface area contributed by atoms with Gasteiger partial charge in [-0.2, -0.15) is 11.8 Å². The van der Waals surface area contributed by atoms with Crippen LogP contribution in [0.3, 0.4) is 0 Å². The lowest BCUT2D eigenvalue weighted by atomic mass is 10.2. The standard InChI is InChI=1S/C11H14F3NS/c1-16-5-3-2-4-15-11-9(13)6-8(12)7-10(11)14/h6-7,15H,2-5H2,1H3. The number of hydrogen-bond acceptors (Lipinski definition) is 2. The molecule has 0 aliphatic heterocycles. The molecule has 0 aliphatic rings. The van der Waals surface area contributed by atoms with Crippen molar-refractivity contribution in [2.24, 2.45) is 0 Å². The second kappa shape index (κ2) is 6.68. The average molecular weight is 249 g/mol. The van der Waals surface area contributed by atoms with Crippen molar-refractivity contribution >= 4 is 17.4 Å². The molecule has 0 unspecified atom stereocenters. The van der Waals surface area contributed by atoms with Crippen LogP contribution in [0.4, 0.5) is 18.9 Å². The highest BCUT2D eigenvalue weighted by Gasteiger charge is 2.10. The molecule has 1 aromatic carbocycles. The minimum Gasteiger partial charge on any atom is -0.380 e. The van der Waals surface area contributed by atoms with E-state index in [0.29, 0.717) is 18.7 Å². The minimum atomic E-state index is -0.900. The van der Waals surface area contributed by atoms with Crippen LogP contribution in [0.2, 0.25) is 0 Å². The molecular weight excluding hydrogens is 235 g/mol. The van der Waals surface area contributed by atoms with Gasteiger partial charge in [0.15, 0.2) is 11.6 Å². The summed E-state index contributed by atoms with van der Waals surface area (Å²) in [6.45, 7) is 0.486. The van der Waals surface area contributed by atoms with Crippen LogP contribution in [0.5, 0.6) is 0 Å². The quantitative estimate of drug-likeness (QED) is 0.772. The molecule has 0 heterocycles. The predicted molar refractivity (Wildman–Crippen MR) is 62.4 cm³/mol. The monoisotopic (exact) mass is 249 g/mol. The lowest BCUT2D eigenvalue weighted by Gasteiger charge is -2.08. The topological polar surface area (TPSA) is 12.0 Å². The first-order valence-electron chi connectivity index (χ1n) is 5.02. The van der Waals surface area contributed by atoms with Gasteiger partial charge in [0, 0.05) is 18.7 Å². The Hall–Kier alpha value is -0.840. The van der Waals surface area contributed by atoms with E-state index >= 15 is 0 Å². The van der Waals surface area contributed by atoms with E-state index in [1.165, 1.54) is 0 Å². The van der Waals surface area contributed by atoms with Gasteiger partial charge in [-0.1, -0.05) is 0 Å². The number of unbranched alkanes of at least 4 members (excludes halogenated alkanes) is 1. The Balaban J connectivity index is 2.47. The summed E-state index contributed by atoms with van der Waals surface area (Å²) in [5, 5.41) is 2.64. The first kappa shape index (κ1) is 13.2. The normalized spacial score (nSPS) is 10.5. The van der Waals surface area contributed by atoms with Gasteiger partial charge in [0.1, 0.15) is 11.5 Å². The lowest BCUT2D eigenvalue weighted by molar-refractivity contribution is 0.547. The van der Waals surface area contributed by atoms with E-state index in [2.05, 4.69) is 5.32 Å². The number of benzene rings is 1. The number of nitrogens with one attached hydrogen (secondary N) is 1. The lowest BCUT2D eigenvalue weighted by Crippen LogP contribution is -2.06. The molecule has 1 N–H and O–H groups in total. The fraction of sp³-hybridized carbons (Fsp3) is 0.455. The zero-order chi connectivity index (χ0) is 12.0. The number of rotatable bonds is 6. The van der Waals surface area contributed by atoms with Crippen LogP contribution in [0.25, 0.3) is 0 Å². The summed E-state index contributed by atoms with van der Waals surface area (Å²) in [5.41, 5.74) is -0.245. The van der Waals surface area contributed by atoms with Crippen molar-refractivity contribution in [3.05, 3.63) is 29.6 Å². The van der Waals surface area contributed by atoms with Crippen LogP contribution >= 0.6 is 11.8 Å². The third-order valence-corrected chi connectivity index (χ3v) is 2.78. The first-order valence-corrected chi connectivity index (χ1v) is 6.42. The summed E-state index contributed by atoms with van der Waals surface area (Å²) < 4.78 is 38.9. The summed E-state index contributed by atoms with van der Waals surface area (Å²) in [5.74, 6) is -1.65. The summed E-state index contributed by atoms with van der Waals surface area (Å²) in [6, 6.07) is 1.35. The molecular formula is C11H14F3NS. The summed E-state index contributed by atoms with van der Waals surface area (Å²) in [6.07, 6.45) is 3.82. The molecule has 0 aliphatic carbocycles. The molecule has 0 atom stereocenters. The van der Waals surface area contributed by atoms with Crippen molar-refractivity contribution in [3.63, 3.8) is 0 Å². The van der Waals surface area contributed by atoms with Crippen molar-refractivity contribution in [3.8, 4) is 0 Å². The van der Waals surface area contributed by atoms with E-state index in [0.717, 1.165) is 18.6 Å². The van der Waals surface area contributed by atoms with Gasteiger partial charge in [0.25, 0.3) is 0 Å². The number of hydrogen-bond donors (Lipinski definition) is 1. The maximum atomic E-state index is 13.1. The SMILES string of the molecule is CSCCCCNc1c(F)cc(F)cc1F. The molecule has 16 heavy (non-hydrogen) atoms. The molecule has 0 saturated heterocycles. The first-order chi connectivity index (χ1) is 7.65. The van der Waals surface area contributed by atoms with E-state index in [1.807, 2.05) is 6.26 Å². The molecule has 0 spiro atoms. The van der Waals surface area contributed by atoms with Crippen LogP contribution < -0.4 is 5.32 Å². The van der Waals surface area contributed by atoms with Gasteiger partial charge in [-0.05, 0) is 24.9 Å². The summed E-state index contributed by atoms with van der Waals surface area (Å²) in [4.78, 5) is 0. The van der Waals surface area contributed by atoms with Gasteiger partial charge in [-0.25, -0.2) is 13.2 Å². The van der Waals surface area contributed by atoms with Gasteiger partial charge < -0.3 is 5.32 Å². The van der Waals surface area contributed by atoms with Gasteiger partial charge in [-0.3, -0.25) is 0 Å². The maximum Gasteiger partial charge on any atom is 0.152 e. The van der Waals surface area contributed by atoms with Gasteiger partial charge in [0.05, 0.1) is 0 Å². The molecule has 0 fully saturated rings. The van der Waals surface area contributed by atoms with E-state index in [-0.39, 0.29) is 5.69 Å². The molecule has 1 aromatic rings. The highest BCUT2D eigenvalue weighted by molar-refractivity contribution is 7.98. The maximum absolute atomic E-state index is 13.1. The van der Waals surface area contributed by atoms with Crippen molar-refractivity contribution in [1.29, 1.82) is 0 Å². The Kier molecular flexibility index (Phi) is 5.52. The zero-order valence-electron chi connectivity index (χ0n) is 9.03. The number of thioether (sulfide) groups is 1. The minimum absolute atomic E-state index is 0.245. The van der Waals surface area contributed by atoms with E-state index in [4.69, 9.17) is 0 Å². The van der Waals surface area contributed by atoms with E-state index in [9.17, 15) is 13.2 Å². The zero-order valence-corrected chi connectivity index (χ0v) is 9.84. The third-order valence-electron chi connectivity index (χ3n) is 2.08. The highest BCUT2D eigenvalue weighted by atomic mass is 32.2. The Bertz CT molecular complexity index is 321. The smallest absolute Gasteiger partial charge is 0.152 e. The number of anilines is 1. The van der Waals surface area contributed by atoms with Crippen molar-refractivity contribution in [1.82, 2.24) is 0 Å². The molecule has 0 bridgehead atoms. The summed E-state index contributed by atoms with van der Waals surface area (Å²) >= 11 is 1.73. The van der Waals surface area contributed by atoms with Gasteiger partial charge in [-0.15, -0.1) is 0 Å². The Morgan fingerprint density at radius 3 is 2.31 bits per heavy atom. The average Bonchev–Trinajstić information content (AvgIpc) is 2.20. The molecule has 1 nitrogen and oxygen atoms in total. The highest BCUT2D eigenvalue weighted by Crippen LogP contribution is 2.20. The molecule has 0 radical (unpaired) electrons. The van der Waals surface area contributed by atoms with Gasteiger partial charge in [0.2, 0.25) is 0 Å². The van der Waals surface area contributed by atoms with Crippen LogP contribution in [0, 0.1) is 17.5 Å². The molecule has 90 valence electrons. The molecule has 0 amide bonds. The summed E-state index contributed by atoms with van der Waals surface area (Å²) in [7, 11) is 0. The second-order valence-electron chi connectivity index (χ2n) is 3.37. The van der Waals surface area contributed by atoms with Crippen LogP contribution in [-0.4, -0.2) is 18.6 Å². The Morgan fingerprint density at radius 2 is 1.75 bits per heavy atom. The largest absolute Gasteiger partial charge is 0.380 e. The molecule has 0 saturated carbocycles. The molecule has 1 rings (SSSR count). The Morgan fingerprint density at radius 1 is 1.12 bits per heavy atom. The van der Waals surface area contributed by atoms with E-state index < -0.39 is 17.5 Å². The molecule has 0 aromatic heterocycles. The third kappa shape index (κ3) is 3.96. The fourth-order valence-electron chi connectivity index (χ4n) is 1.30. The van der Waals surface area contributed by atoms with E-state index in [1.54, 1.807) is 11.8 Å². The van der Waals surface area contributed by atoms with Crippen LogP contribution in [-0.2, 0) is 0 Å². The van der Waals surface area contributed by atoms with Crippen molar-refractivity contribution in [2.75, 3.05) is 23.9 Å². The second-order valence-corrected chi connectivity index (χ2v) is 4.36. The molecule has 5 heteroatoms. The van der Waals surface area contributed by atoms with Crippen molar-refractivity contribution in [2.45, 2.75) is 12.8 Å². The van der Waals surface area contributed by atoms with Crippen LogP contribution in [0.1, 0.15) is 12.8 Å². The van der Waals surface area contributed by atoms with Crippen LogP contribution in [0.15, 0.2) is 12.1 Å². The fourth-order valence-corrected chi connectivity index (χ4v) is 1.79. The predicted octanol–water partition coefficient (Wildman–Crippen LogP) is 3.66. The van der Waals surface area contributed by atoms with Crippen molar-refractivity contribution < 1.29 is 13.2 Å². The Labute approximate surface area is 97.4 Å².